The van der Waals surface area contributed by atoms with Gasteiger partial charge in [-0.3, -0.25) is 5.32 Å². The molecule has 5 heteroatoms. The van der Waals surface area contributed by atoms with Crippen LogP contribution >= 0.6 is 0 Å². The minimum atomic E-state index is -0.206. The molecule has 7 aromatic rings. The number of nitrogens with zero attached hydrogens (tertiary/aromatic N) is 2. The fourth-order valence-electron chi connectivity index (χ4n) is 6.07. The van der Waals surface area contributed by atoms with E-state index in [1.54, 1.807) is 0 Å². The zero-order valence-corrected chi connectivity index (χ0v) is 24.0. The van der Waals surface area contributed by atoms with Gasteiger partial charge in [-0.2, -0.15) is 0 Å². The molecule has 212 valence electrons. The smallest absolute Gasteiger partial charge is 0.137 e. The molecule has 0 saturated heterocycles. The van der Waals surface area contributed by atoms with Crippen LogP contribution in [0.4, 0.5) is 17.1 Å². The quantitative estimate of drug-likeness (QED) is 0.209. The Kier molecular flexibility index (Phi) is 6.63. The van der Waals surface area contributed by atoms with Crippen LogP contribution in [0.25, 0.3) is 21.9 Å². The van der Waals surface area contributed by atoms with Crippen LogP contribution in [-0.2, 0) is 0 Å². The van der Waals surface area contributed by atoms with Gasteiger partial charge in [0, 0.05) is 39.5 Å². The first kappa shape index (κ1) is 26.0. The zero-order valence-electron chi connectivity index (χ0n) is 24.0. The molecule has 2 unspecified atom stereocenters. The van der Waals surface area contributed by atoms with Crippen molar-refractivity contribution in [3.8, 4) is 0 Å². The Balaban J connectivity index is 1.26. The number of aliphatic imine (C=N–C) groups is 1. The molecule has 0 amide bonds. The predicted octanol–water partition coefficient (Wildman–Crippen LogP) is 9.39. The van der Waals surface area contributed by atoms with Gasteiger partial charge in [0.2, 0.25) is 0 Å². The van der Waals surface area contributed by atoms with Gasteiger partial charge in [-0.15, -0.1) is 0 Å². The average Bonchev–Trinajstić information content (AvgIpc) is 3.48. The van der Waals surface area contributed by atoms with Crippen molar-refractivity contribution < 1.29 is 4.42 Å². The third-order valence-corrected chi connectivity index (χ3v) is 8.13. The summed E-state index contributed by atoms with van der Waals surface area (Å²) >= 11 is 0. The third kappa shape index (κ3) is 4.79. The Hall–Kier alpha value is -5.65. The van der Waals surface area contributed by atoms with E-state index in [9.17, 15) is 0 Å². The molecule has 2 N–H and O–H groups in total. The fraction of sp³-hybridized carbons (Fsp3) is 0.0513. The SMILES string of the molecule is c1ccc(C2N=C(c3cccc4oc5cc(N(c6ccccc6)c6ccccc6)ccc5c34)NC(c3ccccc3)N2)cc1. The molecule has 8 rings (SSSR count). The first-order chi connectivity index (χ1) is 21.8. The van der Waals surface area contributed by atoms with Crippen molar-refractivity contribution in [1.82, 2.24) is 10.6 Å². The van der Waals surface area contributed by atoms with Gasteiger partial charge in [0.25, 0.3) is 0 Å². The minimum Gasteiger partial charge on any atom is -0.456 e. The van der Waals surface area contributed by atoms with E-state index in [-0.39, 0.29) is 12.3 Å². The van der Waals surface area contributed by atoms with Crippen molar-refractivity contribution in [3.05, 3.63) is 174 Å². The highest BCUT2D eigenvalue weighted by atomic mass is 16.3. The molecule has 0 saturated carbocycles. The molecule has 0 fully saturated rings. The minimum absolute atomic E-state index is 0.112. The van der Waals surface area contributed by atoms with E-state index in [4.69, 9.17) is 9.41 Å². The Morgan fingerprint density at radius 1 is 0.545 bits per heavy atom. The van der Waals surface area contributed by atoms with Crippen LogP contribution in [-0.4, -0.2) is 5.84 Å². The van der Waals surface area contributed by atoms with Gasteiger partial charge in [-0.25, -0.2) is 4.99 Å². The van der Waals surface area contributed by atoms with Crippen molar-refractivity contribution in [2.45, 2.75) is 12.3 Å². The number of benzene rings is 6. The summed E-state index contributed by atoms with van der Waals surface area (Å²) < 4.78 is 6.54. The molecular weight excluding hydrogens is 540 g/mol. The Morgan fingerprint density at radius 3 is 1.82 bits per heavy atom. The van der Waals surface area contributed by atoms with E-state index in [1.807, 2.05) is 36.4 Å². The Bertz CT molecular complexity index is 2030. The van der Waals surface area contributed by atoms with Gasteiger partial charge >= 0.3 is 0 Å². The molecule has 44 heavy (non-hydrogen) atoms. The fourth-order valence-corrected chi connectivity index (χ4v) is 6.07. The molecule has 6 aromatic carbocycles. The third-order valence-electron chi connectivity index (χ3n) is 8.13. The second kappa shape index (κ2) is 11.2. The normalized spacial score (nSPS) is 16.4. The van der Waals surface area contributed by atoms with Gasteiger partial charge in [0.15, 0.2) is 0 Å². The first-order valence-electron chi connectivity index (χ1n) is 14.9. The number of amidine groups is 1. The van der Waals surface area contributed by atoms with E-state index >= 15 is 0 Å². The molecule has 2 atom stereocenters. The standard InChI is InChI=1S/C39H30N4O/c1-5-14-27(15-6-1)37-40-38(28-16-7-2-8-17-28)42-39(41-37)33-22-13-23-34-36(33)32-25-24-31(26-35(32)44-34)43(29-18-9-3-10-19-29)30-20-11-4-12-21-30/h1-26,37-38,40H,(H,41,42). The monoisotopic (exact) mass is 570 g/mol. The first-order valence-corrected chi connectivity index (χ1v) is 14.9. The highest BCUT2D eigenvalue weighted by Gasteiger charge is 2.27. The molecule has 0 aliphatic carbocycles. The Morgan fingerprint density at radius 2 is 1.16 bits per heavy atom. The zero-order chi connectivity index (χ0) is 29.3. The number of anilines is 3. The van der Waals surface area contributed by atoms with Crippen molar-refractivity contribution in [1.29, 1.82) is 0 Å². The van der Waals surface area contributed by atoms with E-state index in [2.05, 4.69) is 137 Å². The lowest BCUT2D eigenvalue weighted by Crippen LogP contribution is -2.45. The molecule has 5 nitrogen and oxygen atoms in total. The number of furan rings is 1. The number of hydrogen-bond donors (Lipinski definition) is 2. The van der Waals surface area contributed by atoms with Crippen LogP contribution in [0.15, 0.2) is 167 Å². The molecule has 0 spiro atoms. The van der Waals surface area contributed by atoms with Gasteiger partial charge in [0.1, 0.15) is 29.3 Å². The van der Waals surface area contributed by atoms with Crippen molar-refractivity contribution >= 4 is 44.8 Å². The van der Waals surface area contributed by atoms with Crippen LogP contribution < -0.4 is 15.5 Å². The summed E-state index contributed by atoms with van der Waals surface area (Å²) in [5.74, 6) is 0.832. The lowest BCUT2D eigenvalue weighted by atomic mass is 10.0. The van der Waals surface area contributed by atoms with Crippen molar-refractivity contribution in [2.75, 3.05) is 4.90 Å². The second-order valence-corrected chi connectivity index (χ2v) is 10.9. The molecule has 1 aromatic heterocycles. The number of para-hydroxylation sites is 2. The van der Waals surface area contributed by atoms with Crippen molar-refractivity contribution in [3.63, 3.8) is 0 Å². The van der Waals surface area contributed by atoms with E-state index in [0.29, 0.717) is 0 Å². The number of rotatable bonds is 6. The van der Waals surface area contributed by atoms with Crippen LogP contribution in [0.1, 0.15) is 29.0 Å². The van der Waals surface area contributed by atoms with E-state index in [0.717, 1.165) is 61.5 Å². The van der Waals surface area contributed by atoms with Crippen LogP contribution in [0.3, 0.4) is 0 Å². The van der Waals surface area contributed by atoms with Gasteiger partial charge in [-0.05, 0) is 53.6 Å². The molecule has 0 radical (unpaired) electrons. The maximum Gasteiger partial charge on any atom is 0.137 e. The second-order valence-electron chi connectivity index (χ2n) is 10.9. The molecule has 2 heterocycles. The van der Waals surface area contributed by atoms with Gasteiger partial charge in [0.05, 0.1) is 0 Å². The van der Waals surface area contributed by atoms with E-state index in [1.165, 1.54) is 0 Å². The summed E-state index contributed by atoms with van der Waals surface area (Å²) in [5, 5.41) is 9.48. The summed E-state index contributed by atoms with van der Waals surface area (Å²) in [7, 11) is 0. The largest absolute Gasteiger partial charge is 0.456 e. The summed E-state index contributed by atoms with van der Waals surface area (Å²) in [5.41, 5.74) is 8.14. The van der Waals surface area contributed by atoms with Crippen LogP contribution in [0.5, 0.6) is 0 Å². The van der Waals surface area contributed by atoms with E-state index < -0.39 is 0 Å². The predicted molar refractivity (Wildman–Crippen MR) is 180 cm³/mol. The van der Waals surface area contributed by atoms with Crippen molar-refractivity contribution in [2.24, 2.45) is 4.99 Å². The van der Waals surface area contributed by atoms with Gasteiger partial charge < -0.3 is 14.6 Å². The number of nitrogens with one attached hydrogen (secondary N) is 2. The van der Waals surface area contributed by atoms with Crippen LogP contribution in [0.2, 0.25) is 0 Å². The summed E-state index contributed by atoms with van der Waals surface area (Å²) in [6, 6.07) is 54.4. The highest BCUT2D eigenvalue weighted by molar-refractivity contribution is 6.18. The highest BCUT2D eigenvalue weighted by Crippen LogP contribution is 2.39. The molecule has 0 bridgehead atoms. The van der Waals surface area contributed by atoms with Gasteiger partial charge in [-0.1, -0.05) is 109 Å². The number of fused-ring (bicyclic) bond motifs is 3. The molecule has 1 aliphatic rings. The van der Waals surface area contributed by atoms with Crippen LogP contribution in [0, 0.1) is 0 Å². The molecule has 1 aliphatic heterocycles. The average molecular weight is 571 g/mol. The topological polar surface area (TPSA) is 52.8 Å². The summed E-state index contributed by atoms with van der Waals surface area (Å²) in [6.45, 7) is 0. The summed E-state index contributed by atoms with van der Waals surface area (Å²) in [4.78, 5) is 7.46. The summed E-state index contributed by atoms with van der Waals surface area (Å²) in [6.07, 6.45) is -0.317. The lowest BCUT2D eigenvalue weighted by Gasteiger charge is -2.32. The maximum atomic E-state index is 6.54. The lowest BCUT2D eigenvalue weighted by molar-refractivity contribution is 0.409. The Labute approximate surface area is 256 Å². The maximum absolute atomic E-state index is 6.54. The molecular formula is C39H30N4O. The number of hydrogen-bond acceptors (Lipinski definition) is 5.